The van der Waals surface area contributed by atoms with Crippen LogP contribution in [-0.4, -0.2) is 24.9 Å². The molecule has 0 saturated heterocycles. The zero-order valence-electron chi connectivity index (χ0n) is 14.5. The lowest BCUT2D eigenvalue weighted by Crippen LogP contribution is -2.02. The Kier molecular flexibility index (Phi) is 4.71. The van der Waals surface area contributed by atoms with Gasteiger partial charge >= 0.3 is 0 Å². The largest absolute Gasteiger partial charge is 0.338 e. The Morgan fingerprint density at radius 3 is 2.50 bits per heavy atom. The second kappa shape index (κ2) is 6.76. The topological polar surface area (TPSA) is 69.6 Å². The third-order valence-corrected chi connectivity index (χ3v) is 4.79. The molecule has 6 nitrogen and oxygen atoms in total. The highest BCUT2D eigenvalue weighted by Crippen LogP contribution is 2.35. The van der Waals surface area contributed by atoms with Gasteiger partial charge in [-0.2, -0.15) is 4.98 Å². The van der Waals surface area contributed by atoms with Gasteiger partial charge in [-0.25, -0.2) is 0 Å². The van der Waals surface area contributed by atoms with Crippen molar-refractivity contribution in [1.29, 1.82) is 0 Å². The molecule has 0 bridgehead atoms. The van der Waals surface area contributed by atoms with E-state index < -0.39 is 0 Å². The molecule has 0 fully saturated rings. The van der Waals surface area contributed by atoms with Gasteiger partial charge in [0.1, 0.15) is 5.82 Å². The first kappa shape index (κ1) is 16.7. The van der Waals surface area contributed by atoms with Crippen molar-refractivity contribution < 1.29 is 4.52 Å². The number of para-hydroxylation sites is 1. The van der Waals surface area contributed by atoms with E-state index in [1.807, 2.05) is 39.8 Å². The molecule has 0 saturated carbocycles. The fraction of sp³-hybridized carbons (Fsp3) is 0.412. The number of rotatable bonds is 5. The number of nitrogens with zero attached hydrogens (tertiary/aromatic N) is 5. The summed E-state index contributed by atoms with van der Waals surface area (Å²) in [5.74, 6) is 2.44. The molecule has 1 atom stereocenters. The van der Waals surface area contributed by atoms with E-state index in [0.717, 1.165) is 22.5 Å². The van der Waals surface area contributed by atoms with Crippen molar-refractivity contribution in [3.05, 3.63) is 47.4 Å². The summed E-state index contributed by atoms with van der Waals surface area (Å²) in [6, 6.07) is 8.20. The van der Waals surface area contributed by atoms with E-state index in [2.05, 4.69) is 44.0 Å². The summed E-state index contributed by atoms with van der Waals surface area (Å²) in [4.78, 5) is 4.48. The molecule has 1 unspecified atom stereocenters. The number of aromatic nitrogens is 5. The lowest BCUT2D eigenvalue weighted by Gasteiger charge is -2.12. The molecule has 2 heterocycles. The molecule has 126 valence electrons. The number of hydrogen-bond donors (Lipinski definition) is 0. The zero-order valence-corrected chi connectivity index (χ0v) is 15.3. The van der Waals surface area contributed by atoms with Gasteiger partial charge in [-0.1, -0.05) is 49.0 Å². The number of aryl methyl sites for hydroxylation is 2. The van der Waals surface area contributed by atoms with Crippen LogP contribution < -0.4 is 0 Å². The molecule has 1 aromatic carbocycles. The minimum absolute atomic E-state index is 0.00336. The van der Waals surface area contributed by atoms with E-state index in [1.165, 1.54) is 5.56 Å². The second-order valence-electron chi connectivity index (χ2n) is 6.06. The number of thioether (sulfide) groups is 1. The molecule has 0 aliphatic carbocycles. The monoisotopic (exact) mass is 343 g/mol. The molecule has 0 N–H and O–H groups in total. The summed E-state index contributed by atoms with van der Waals surface area (Å²) in [7, 11) is 0. The summed E-state index contributed by atoms with van der Waals surface area (Å²) in [6.45, 7) is 10.2. The molecule has 3 aromatic rings. The zero-order chi connectivity index (χ0) is 17.3. The third kappa shape index (κ3) is 3.21. The summed E-state index contributed by atoms with van der Waals surface area (Å²) in [6.07, 6.45) is 0. The second-order valence-corrected chi connectivity index (χ2v) is 7.37. The molecule has 0 aliphatic heterocycles. The molecule has 0 amide bonds. The van der Waals surface area contributed by atoms with Crippen LogP contribution in [0, 0.1) is 13.8 Å². The number of hydrogen-bond acceptors (Lipinski definition) is 6. The maximum atomic E-state index is 5.40. The average molecular weight is 343 g/mol. The highest BCUT2D eigenvalue weighted by atomic mass is 32.2. The molecule has 2 aromatic heterocycles. The van der Waals surface area contributed by atoms with Crippen LogP contribution in [-0.2, 0) is 0 Å². The van der Waals surface area contributed by atoms with Gasteiger partial charge < -0.3 is 4.52 Å². The molecule has 24 heavy (non-hydrogen) atoms. The van der Waals surface area contributed by atoms with Gasteiger partial charge in [0.15, 0.2) is 11.0 Å². The Bertz CT molecular complexity index is 839. The molecular weight excluding hydrogens is 322 g/mol. The van der Waals surface area contributed by atoms with Gasteiger partial charge in [0.05, 0.1) is 10.9 Å². The van der Waals surface area contributed by atoms with E-state index in [-0.39, 0.29) is 11.2 Å². The van der Waals surface area contributed by atoms with E-state index >= 15 is 0 Å². The van der Waals surface area contributed by atoms with Gasteiger partial charge in [0.2, 0.25) is 5.89 Å². The van der Waals surface area contributed by atoms with E-state index in [0.29, 0.717) is 5.89 Å². The van der Waals surface area contributed by atoms with Crippen molar-refractivity contribution in [1.82, 2.24) is 24.9 Å². The quantitative estimate of drug-likeness (QED) is 0.645. The van der Waals surface area contributed by atoms with Gasteiger partial charge in [-0.05, 0) is 32.4 Å². The van der Waals surface area contributed by atoms with Crippen molar-refractivity contribution in [2.24, 2.45) is 0 Å². The van der Waals surface area contributed by atoms with Crippen LogP contribution in [0.3, 0.4) is 0 Å². The van der Waals surface area contributed by atoms with E-state index in [4.69, 9.17) is 4.52 Å². The van der Waals surface area contributed by atoms with Crippen LogP contribution in [0.2, 0.25) is 0 Å². The van der Waals surface area contributed by atoms with Crippen molar-refractivity contribution in [2.75, 3.05) is 0 Å². The highest BCUT2D eigenvalue weighted by Gasteiger charge is 2.21. The van der Waals surface area contributed by atoms with Crippen LogP contribution in [0.4, 0.5) is 0 Å². The molecule has 0 spiro atoms. The normalized spacial score (nSPS) is 12.8. The third-order valence-electron chi connectivity index (χ3n) is 3.76. The minimum Gasteiger partial charge on any atom is -0.338 e. The lowest BCUT2D eigenvalue weighted by atomic mass is 10.2. The lowest BCUT2D eigenvalue weighted by molar-refractivity contribution is 0.373. The van der Waals surface area contributed by atoms with Gasteiger partial charge in [-0.3, -0.25) is 4.57 Å². The predicted octanol–water partition coefficient (Wildman–Crippen LogP) is 4.24. The smallest absolute Gasteiger partial charge is 0.239 e. The highest BCUT2D eigenvalue weighted by molar-refractivity contribution is 7.99. The maximum Gasteiger partial charge on any atom is 0.239 e. The summed E-state index contributed by atoms with van der Waals surface area (Å²) >= 11 is 1.57. The first-order valence-electron chi connectivity index (χ1n) is 7.95. The summed E-state index contributed by atoms with van der Waals surface area (Å²) in [5, 5.41) is 13.4. The van der Waals surface area contributed by atoms with Gasteiger partial charge in [0, 0.05) is 5.92 Å². The predicted molar refractivity (Wildman–Crippen MR) is 93.5 cm³/mol. The SMILES string of the molecule is Cc1ccccc1-n1c(C)nnc1SC(C)c1nc(C(C)C)no1. The Hall–Kier alpha value is -2.15. The van der Waals surface area contributed by atoms with E-state index in [1.54, 1.807) is 11.8 Å². The van der Waals surface area contributed by atoms with Crippen molar-refractivity contribution in [3.8, 4) is 5.69 Å². The molecular formula is C17H21N5OS. The first-order chi connectivity index (χ1) is 11.5. The Labute approximate surface area is 145 Å². The number of benzene rings is 1. The van der Waals surface area contributed by atoms with Crippen LogP contribution in [0.25, 0.3) is 5.69 Å². The van der Waals surface area contributed by atoms with Gasteiger partial charge in [0.25, 0.3) is 0 Å². The molecule has 0 aliphatic rings. The van der Waals surface area contributed by atoms with Gasteiger partial charge in [-0.15, -0.1) is 10.2 Å². The van der Waals surface area contributed by atoms with Crippen LogP contribution >= 0.6 is 11.8 Å². The maximum absolute atomic E-state index is 5.40. The Balaban J connectivity index is 1.89. The average Bonchev–Trinajstić information content (AvgIpc) is 3.16. The Morgan fingerprint density at radius 2 is 1.83 bits per heavy atom. The molecule has 3 rings (SSSR count). The molecule has 0 radical (unpaired) electrons. The van der Waals surface area contributed by atoms with Crippen molar-refractivity contribution in [3.63, 3.8) is 0 Å². The first-order valence-corrected chi connectivity index (χ1v) is 8.83. The summed E-state index contributed by atoms with van der Waals surface area (Å²) < 4.78 is 7.46. The van der Waals surface area contributed by atoms with Crippen LogP contribution in [0.15, 0.2) is 33.9 Å². The fourth-order valence-electron chi connectivity index (χ4n) is 2.37. The van der Waals surface area contributed by atoms with Crippen LogP contribution in [0.1, 0.15) is 55.0 Å². The van der Waals surface area contributed by atoms with Crippen molar-refractivity contribution >= 4 is 11.8 Å². The summed E-state index contributed by atoms with van der Waals surface area (Å²) in [5.41, 5.74) is 2.26. The fourth-order valence-corrected chi connectivity index (χ4v) is 3.30. The molecule has 7 heteroatoms. The van der Waals surface area contributed by atoms with Crippen LogP contribution in [0.5, 0.6) is 0 Å². The van der Waals surface area contributed by atoms with Crippen molar-refractivity contribution in [2.45, 2.75) is 50.9 Å². The minimum atomic E-state index is -0.00336. The Morgan fingerprint density at radius 1 is 1.08 bits per heavy atom. The standard InChI is InChI=1S/C17H21N5OS/c1-10(2)15-18-16(23-21-15)12(4)24-17-20-19-13(5)22(17)14-9-7-6-8-11(14)3/h6-10,12H,1-5H3. The van der Waals surface area contributed by atoms with E-state index in [9.17, 15) is 0 Å².